The van der Waals surface area contributed by atoms with Crippen molar-refractivity contribution < 1.29 is 13.2 Å². The number of nitrogens with one attached hydrogen (secondary N) is 1. The van der Waals surface area contributed by atoms with Gasteiger partial charge < -0.3 is 11.1 Å². The Morgan fingerprint density at radius 2 is 1.74 bits per heavy atom. The molecule has 0 radical (unpaired) electrons. The second-order valence-corrected chi connectivity index (χ2v) is 8.31. The van der Waals surface area contributed by atoms with Crippen LogP contribution in [-0.4, -0.2) is 43.8 Å². The van der Waals surface area contributed by atoms with Crippen molar-refractivity contribution in [1.29, 1.82) is 0 Å². The highest BCUT2D eigenvalue weighted by Crippen LogP contribution is 2.17. The molecule has 1 aromatic carbocycles. The zero-order valence-corrected chi connectivity index (χ0v) is 15.8. The molecule has 0 bridgehead atoms. The maximum absolute atomic E-state index is 12.3. The molecule has 0 aliphatic carbocycles. The Labute approximate surface area is 144 Å². The summed E-state index contributed by atoms with van der Waals surface area (Å²) >= 11 is 0. The van der Waals surface area contributed by atoms with Crippen LogP contribution >= 0.6 is 12.4 Å². The maximum Gasteiger partial charge on any atom is 0.251 e. The lowest BCUT2D eigenvalue weighted by atomic mass is 10.1. The van der Waals surface area contributed by atoms with Gasteiger partial charge in [0.25, 0.3) is 5.91 Å². The number of amides is 1. The van der Waals surface area contributed by atoms with Crippen LogP contribution in [0.25, 0.3) is 0 Å². The van der Waals surface area contributed by atoms with Crippen molar-refractivity contribution in [3.8, 4) is 0 Å². The predicted molar refractivity (Wildman–Crippen MR) is 94.4 cm³/mol. The van der Waals surface area contributed by atoms with Crippen LogP contribution in [-0.2, 0) is 10.0 Å². The van der Waals surface area contributed by atoms with Crippen molar-refractivity contribution in [2.75, 3.05) is 13.6 Å². The molecule has 6 nitrogen and oxygen atoms in total. The molecule has 0 aliphatic rings. The topological polar surface area (TPSA) is 92.5 Å². The number of benzene rings is 1. The Balaban J connectivity index is 0.00000484. The number of hydrogen-bond acceptors (Lipinski definition) is 4. The van der Waals surface area contributed by atoms with Gasteiger partial charge in [0.15, 0.2) is 0 Å². The Kier molecular flexibility index (Phi) is 7.69. The van der Waals surface area contributed by atoms with Crippen molar-refractivity contribution in [1.82, 2.24) is 9.62 Å². The smallest absolute Gasteiger partial charge is 0.251 e. The normalized spacial score (nSPS) is 12.2. The first-order valence-electron chi connectivity index (χ1n) is 7.10. The third-order valence-corrected chi connectivity index (χ3v) is 5.27. The lowest BCUT2D eigenvalue weighted by Gasteiger charge is -2.21. The van der Waals surface area contributed by atoms with Gasteiger partial charge in [0.1, 0.15) is 0 Å². The van der Waals surface area contributed by atoms with Crippen LogP contribution in [0, 0.1) is 0 Å². The molecule has 0 aromatic heterocycles. The van der Waals surface area contributed by atoms with Crippen LogP contribution < -0.4 is 11.1 Å². The fourth-order valence-electron chi connectivity index (χ4n) is 1.63. The van der Waals surface area contributed by atoms with Crippen molar-refractivity contribution in [2.24, 2.45) is 5.73 Å². The van der Waals surface area contributed by atoms with Gasteiger partial charge in [-0.2, -0.15) is 4.31 Å². The van der Waals surface area contributed by atoms with Gasteiger partial charge in [0, 0.05) is 30.7 Å². The van der Waals surface area contributed by atoms with Gasteiger partial charge in [-0.25, -0.2) is 8.42 Å². The predicted octanol–water partition coefficient (Wildman–Crippen LogP) is 1.60. The van der Waals surface area contributed by atoms with E-state index in [1.807, 2.05) is 13.8 Å². The van der Waals surface area contributed by atoms with Gasteiger partial charge >= 0.3 is 0 Å². The summed E-state index contributed by atoms with van der Waals surface area (Å²) in [7, 11) is -2.00. The molecule has 23 heavy (non-hydrogen) atoms. The van der Waals surface area contributed by atoms with Crippen LogP contribution in [0.15, 0.2) is 29.2 Å². The zero-order valence-electron chi connectivity index (χ0n) is 14.2. The van der Waals surface area contributed by atoms with Crippen molar-refractivity contribution in [2.45, 2.75) is 44.2 Å². The lowest BCUT2D eigenvalue weighted by Crippen LogP contribution is -2.45. The van der Waals surface area contributed by atoms with E-state index in [0.29, 0.717) is 12.1 Å². The second kappa shape index (κ2) is 8.10. The third kappa shape index (κ3) is 6.10. The molecule has 0 saturated heterocycles. The molecule has 0 saturated carbocycles. The molecule has 1 rings (SSSR count). The number of nitrogens with zero attached hydrogens (tertiary/aromatic N) is 1. The Morgan fingerprint density at radius 1 is 1.26 bits per heavy atom. The van der Waals surface area contributed by atoms with Crippen molar-refractivity contribution in [3.05, 3.63) is 29.8 Å². The molecular weight excluding hydrogens is 338 g/mol. The standard InChI is InChI=1S/C15H25N3O3S.ClH/c1-11(2)18(5)22(20,21)13-8-6-12(7-9-13)14(19)17-10-15(3,4)16;/h6-9,11H,10,16H2,1-5H3,(H,17,19);1H. The molecule has 1 amide bonds. The maximum atomic E-state index is 12.3. The van der Waals surface area contributed by atoms with Gasteiger partial charge in [-0.05, 0) is 52.0 Å². The van der Waals surface area contributed by atoms with Crippen LogP contribution in [0.4, 0.5) is 0 Å². The summed E-state index contributed by atoms with van der Waals surface area (Å²) in [6.07, 6.45) is 0. The largest absolute Gasteiger partial charge is 0.350 e. The quantitative estimate of drug-likeness (QED) is 0.802. The minimum absolute atomic E-state index is 0. The molecule has 0 atom stereocenters. The average Bonchev–Trinajstić information content (AvgIpc) is 2.43. The summed E-state index contributed by atoms with van der Waals surface area (Å²) in [6.45, 7) is 7.55. The molecule has 132 valence electrons. The summed E-state index contributed by atoms with van der Waals surface area (Å²) < 4.78 is 25.9. The minimum atomic E-state index is -3.53. The van der Waals surface area contributed by atoms with Gasteiger partial charge in [0.2, 0.25) is 10.0 Å². The highest BCUT2D eigenvalue weighted by Gasteiger charge is 2.23. The first-order valence-corrected chi connectivity index (χ1v) is 8.54. The Hall–Kier alpha value is -1.15. The first kappa shape index (κ1) is 21.9. The molecule has 0 aliphatic heterocycles. The third-order valence-electron chi connectivity index (χ3n) is 3.23. The molecule has 3 N–H and O–H groups in total. The van der Waals surface area contributed by atoms with Crippen LogP contribution in [0.1, 0.15) is 38.1 Å². The molecular formula is C15H26ClN3O3S. The van der Waals surface area contributed by atoms with E-state index in [-0.39, 0.29) is 29.3 Å². The summed E-state index contributed by atoms with van der Waals surface area (Å²) in [6, 6.07) is 5.74. The molecule has 8 heteroatoms. The van der Waals surface area contributed by atoms with Crippen molar-refractivity contribution >= 4 is 28.3 Å². The number of nitrogens with two attached hydrogens (primary N) is 1. The van der Waals surface area contributed by atoms with E-state index in [9.17, 15) is 13.2 Å². The fourth-order valence-corrected chi connectivity index (χ4v) is 3.00. The van der Waals surface area contributed by atoms with Gasteiger partial charge in [-0.1, -0.05) is 0 Å². The summed E-state index contributed by atoms with van der Waals surface area (Å²) in [5, 5.41) is 2.71. The summed E-state index contributed by atoms with van der Waals surface area (Å²) in [5.74, 6) is -0.278. The van der Waals surface area contributed by atoms with Crippen LogP contribution in [0.5, 0.6) is 0 Å². The Bertz CT molecular complexity index is 622. The van der Waals surface area contributed by atoms with E-state index < -0.39 is 15.6 Å². The molecule has 1 aromatic rings. The Morgan fingerprint density at radius 3 is 2.13 bits per heavy atom. The van der Waals surface area contributed by atoms with E-state index in [4.69, 9.17) is 5.73 Å². The average molecular weight is 364 g/mol. The zero-order chi connectivity index (χ0) is 17.1. The van der Waals surface area contributed by atoms with E-state index in [0.717, 1.165) is 0 Å². The summed E-state index contributed by atoms with van der Waals surface area (Å²) in [5.41, 5.74) is 5.70. The lowest BCUT2D eigenvalue weighted by molar-refractivity contribution is 0.0946. The van der Waals surface area contributed by atoms with Gasteiger partial charge in [-0.3, -0.25) is 4.79 Å². The highest BCUT2D eigenvalue weighted by molar-refractivity contribution is 7.89. The number of rotatable bonds is 6. The number of sulfonamides is 1. The van der Waals surface area contributed by atoms with E-state index >= 15 is 0 Å². The van der Waals surface area contributed by atoms with E-state index in [1.54, 1.807) is 13.8 Å². The molecule has 0 fully saturated rings. The fraction of sp³-hybridized carbons (Fsp3) is 0.533. The monoisotopic (exact) mass is 363 g/mol. The second-order valence-electron chi connectivity index (χ2n) is 6.31. The van der Waals surface area contributed by atoms with E-state index in [2.05, 4.69) is 5.32 Å². The highest BCUT2D eigenvalue weighted by atomic mass is 35.5. The minimum Gasteiger partial charge on any atom is -0.350 e. The van der Waals surface area contributed by atoms with Crippen LogP contribution in [0.3, 0.4) is 0 Å². The van der Waals surface area contributed by atoms with Crippen molar-refractivity contribution in [3.63, 3.8) is 0 Å². The molecule has 0 unspecified atom stereocenters. The SMILES string of the molecule is CC(C)N(C)S(=O)(=O)c1ccc(C(=O)NCC(C)(C)N)cc1.Cl. The van der Waals surface area contributed by atoms with Gasteiger partial charge in [-0.15, -0.1) is 12.4 Å². The molecule has 0 spiro atoms. The van der Waals surface area contributed by atoms with E-state index in [1.165, 1.54) is 35.6 Å². The first-order chi connectivity index (χ1) is 9.95. The number of hydrogen-bond donors (Lipinski definition) is 2. The molecule has 0 heterocycles. The number of carbonyl (C=O) groups excluding carboxylic acids is 1. The van der Waals surface area contributed by atoms with Crippen LogP contribution in [0.2, 0.25) is 0 Å². The summed E-state index contributed by atoms with van der Waals surface area (Å²) in [4.78, 5) is 12.1. The number of carbonyl (C=O) groups is 1. The number of halogens is 1. The van der Waals surface area contributed by atoms with Gasteiger partial charge in [0.05, 0.1) is 4.90 Å².